The van der Waals surface area contributed by atoms with Crippen molar-refractivity contribution >= 4 is 11.9 Å². The highest BCUT2D eigenvalue weighted by Gasteiger charge is 2.44. The van der Waals surface area contributed by atoms with E-state index in [2.05, 4.69) is 12.2 Å². The number of aliphatic hydroxyl groups is 4. The second-order valence-corrected chi connectivity index (χ2v) is 9.92. The van der Waals surface area contributed by atoms with Gasteiger partial charge in [-0.3, -0.25) is 9.59 Å². The maximum Gasteiger partial charge on any atom is 0.303 e. The van der Waals surface area contributed by atoms with Gasteiger partial charge in [-0.25, -0.2) is 0 Å². The summed E-state index contributed by atoms with van der Waals surface area (Å²) in [6.45, 7) is 1.65. The Morgan fingerprint density at radius 2 is 1.29 bits per heavy atom. The third-order valence-electron chi connectivity index (χ3n) is 6.90. The molecule has 0 aliphatic carbocycles. The molecule has 0 radical (unpaired) electrons. The first-order chi connectivity index (χ1) is 16.8. The second-order valence-electron chi connectivity index (χ2n) is 9.92. The van der Waals surface area contributed by atoms with Crippen molar-refractivity contribution in [1.82, 2.24) is 5.32 Å². The van der Waals surface area contributed by atoms with Crippen molar-refractivity contribution in [3.63, 3.8) is 0 Å². The number of carbonyl (C=O) groups excluding carboxylic acids is 1. The molecular formula is C26H49NO8. The zero-order valence-corrected chi connectivity index (χ0v) is 21.4. The summed E-state index contributed by atoms with van der Waals surface area (Å²) >= 11 is 0. The number of hydrogen-bond acceptors (Lipinski definition) is 7. The SMILES string of the molecule is CCCCCCCCCC(CCCCCCCCC(=O)O)C(=O)N[C@H]1O[C@@H](CO)[C@H](O)[C@@H](O)[C@@H]1O. The van der Waals surface area contributed by atoms with E-state index in [1.165, 1.54) is 25.7 Å². The normalized spacial score (nSPS) is 25.3. The summed E-state index contributed by atoms with van der Waals surface area (Å²) in [7, 11) is 0. The van der Waals surface area contributed by atoms with E-state index in [1.54, 1.807) is 0 Å². The number of ether oxygens (including phenoxy) is 1. The Kier molecular flexibility index (Phi) is 17.2. The van der Waals surface area contributed by atoms with Crippen LogP contribution in [0.3, 0.4) is 0 Å². The predicted octanol–water partition coefficient (Wildman–Crippen LogP) is 2.86. The van der Waals surface area contributed by atoms with Crippen LogP contribution in [0.5, 0.6) is 0 Å². The first-order valence-corrected chi connectivity index (χ1v) is 13.6. The number of aliphatic hydroxyl groups excluding tert-OH is 4. The number of carbonyl (C=O) groups is 2. The van der Waals surface area contributed by atoms with Crippen LogP contribution < -0.4 is 5.32 Å². The summed E-state index contributed by atoms with van der Waals surface area (Å²) in [4.78, 5) is 23.6. The van der Waals surface area contributed by atoms with E-state index in [0.717, 1.165) is 57.8 Å². The molecule has 0 aromatic rings. The van der Waals surface area contributed by atoms with Gasteiger partial charge in [-0.15, -0.1) is 0 Å². The van der Waals surface area contributed by atoms with Gasteiger partial charge in [0.25, 0.3) is 0 Å². The molecule has 0 spiro atoms. The molecule has 1 fully saturated rings. The third-order valence-corrected chi connectivity index (χ3v) is 6.90. The highest BCUT2D eigenvalue weighted by atomic mass is 16.6. The number of nitrogens with one attached hydrogen (secondary N) is 1. The fourth-order valence-corrected chi connectivity index (χ4v) is 4.61. The van der Waals surface area contributed by atoms with Crippen LogP contribution in [0.1, 0.15) is 110 Å². The van der Waals surface area contributed by atoms with Crippen LogP contribution in [0.2, 0.25) is 0 Å². The van der Waals surface area contributed by atoms with Crippen LogP contribution in [0, 0.1) is 5.92 Å². The van der Waals surface area contributed by atoms with E-state index >= 15 is 0 Å². The molecule has 35 heavy (non-hydrogen) atoms. The van der Waals surface area contributed by atoms with Gasteiger partial charge in [0.2, 0.25) is 5.91 Å². The minimum absolute atomic E-state index is 0.207. The molecular weight excluding hydrogens is 454 g/mol. The molecule has 1 saturated heterocycles. The van der Waals surface area contributed by atoms with Crippen LogP contribution in [0.4, 0.5) is 0 Å². The van der Waals surface area contributed by atoms with E-state index < -0.39 is 43.2 Å². The quantitative estimate of drug-likeness (QED) is 0.138. The highest BCUT2D eigenvalue weighted by Crippen LogP contribution is 2.23. The van der Waals surface area contributed by atoms with E-state index in [0.29, 0.717) is 12.8 Å². The minimum atomic E-state index is -1.52. The van der Waals surface area contributed by atoms with Crippen molar-refractivity contribution in [3.8, 4) is 0 Å². The zero-order chi connectivity index (χ0) is 26.1. The van der Waals surface area contributed by atoms with E-state index in [1.807, 2.05) is 0 Å². The van der Waals surface area contributed by atoms with Gasteiger partial charge in [0.15, 0.2) is 6.23 Å². The summed E-state index contributed by atoms with van der Waals surface area (Å²) in [5, 5.41) is 51.0. The number of carboxylic acid groups (broad SMARTS) is 1. The molecule has 0 aromatic carbocycles. The van der Waals surface area contributed by atoms with E-state index in [-0.39, 0.29) is 18.2 Å². The van der Waals surface area contributed by atoms with Crippen molar-refractivity contribution < 1.29 is 39.9 Å². The molecule has 0 bridgehead atoms. The molecule has 0 aromatic heterocycles. The summed E-state index contributed by atoms with van der Waals surface area (Å²) in [5.74, 6) is -1.25. The number of hydrogen-bond donors (Lipinski definition) is 6. The number of carboxylic acids is 1. The standard InChI is InChI=1S/C26H49NO8/c1-2-3-4-5-6-9-12-15-19(16-13-10-7-8-11-14-17-21(29)30)25(34)27-26-24(33)23(32)22(31)20(18-28)35-26/h19-20,22-24,26,28,31-33H,2-18H2,1H3,(H,27,34)(H,29,30)/t19?,20-,22-,23+,24-,26-/m0/s1. The van der Waals surface area contributed by atoms with Gasteiger partial charge in [0, 0.05) is 12.3 Å². The molecule has 0 saturated carbocycles. The average Bonchev–Trinajstić information content (AvgIpc) is 2.83. The monoisotopic (exact) mass is 503 g/mol. The Morgan fingerprint density at radius 3 is 1.80 bits per heavy atom. The molecule has 9 heteroatoms. The Bertz CT molecular complexity index is 574. The minimum Gasteiger partial charge on any atom is -0.481 e. The highest BCUT2D eigenvalue weighted by molar-refractivity contribution is 5.78. The van der Waals surface area contributed by atoms with Crippen molar-refractivity contribution in [2.24, 2.45) is 5.92 Å². The van der Waals surface area contributed by atoms with Gasteiger partial charge >= 0.3 is 5.97 Å². The number of amides is 1. The van der Waals surface area contributed by atoms with Gasteiger partial charge in [-0.1, -0.05) is 84.0 Å². The lowest BCUT2D eigenvalue weighted by molar-refractivity contribution is -0.236. The lowest BCUT2D eigenvalue weighted by Gasteiger charge is -2.40. The van der Waals surface area contributed by atoms with Gasteiger partial charge in [-0.2, -0.15) is 0 Å². The van der Waals surface area contributed by atoms with Crippen molar-refractivity contribution in [3.05, 3.63) is 0 Å². The predicted molar refractivity (Wildman–Crippen MR) is 133 cm³/mol. The lowest BCUT2D eigenvalue weighted by Crippen LogP contribution is -2.63. The van der Waals surface area contributed by atoms with Crippen LogP contribution in [-0.4, -0.2) is 74.7 Å². The smallest absolute Gasteiger partial charge is 0.303 e. The molecule has 1 unspecified atom stereocenters. The molecule has 1 aliphatic rings. The first kappa shape index (κ1) is 31.8. The first-order valence-electron chi connectivity index (χ1n) is 13.6. The molecule has 9 nitrogen and oxygen atoms in total. The Labute approximate surface area is 210 Å². The van der Waals surface area contributed by atoms with Crippen molar-refractivity contribution in [1.29, 1.82) is 0 Å². The Hall–Kier alpha value is -1.26. The van der Waals surface area contributed by atoms with Crippen molar-refractivity contribution in [2.75, 3.05) is 6.61 Å². The van der Waals surface area contributed by atoms with Crippen LogP contribution in [0.25, 0.3) is 0 Å². The van der Waals surface area contributed by atoms with Crippen LogP contribution >= 0.6 is 0 Å². The molecule has 1 aliphatic heterocycles. The summed E-state index contributed by atoms with van der Waals surface area (Å²) in [5.41, 5.74) is 0. The van der Waals surface area contributed by atoms with Crippen LogP contribution in [0.15, 0.2) is 0 Å². The molecule has 6 N–H and O–H groups in total. The Morgan fingerprint density at radius 1 is 0.771 bits per heavy atom. The Balaban J connectivity index is 2.51. The van der Waals surface area contributed by atoms with Crippen molar-refractivity contribution in [2.45, 2.75) is 140 Å². The molecule has 206 valence electrons. The van der Waals surface area contributed by atoms with Gasteiger partial charge in [0.1, 0.15) is 24.4 Å². The lowest BCUT2D eigenvalue weighted by atomic mass is 9.92. The second kappa shape index (κ2) is 18.9. The third kappa shape index (κ3) is 13.0. The van der Waals surface area contributed by atoms with Gasteiger partial charge < -0.3 is 35.6 Å². The average molecular weight is 504 g/mol. The summed E-state index contributed by atoms with van der Waals surface area (Å²) in [6.07, 6.45) is 8.40. The molecule has 1 rings (SSSR count). The van der Waals surface area contributed by atoms with Gasteiger partial charge in [-0.05, 0) is 19.3 Å². The van der Waals surface area contributed by atoms with E-state index in [4.69, 9.17) is 9.84 Å². The number of rotatable bonds is 20. The maximum absolute atomic E-state index is 13.0. The fraction of sp³-hybridized carbons (Fsp3) is 0.923. The molecule has 6 atom stereocenters. The largest absolute Gasteiger partial charge is 0.481 e. The van der Waals surface area contributed by atoms with E-state index in [9.17, 15) is 30.0 Å². The number of aliphatic carboxylic acids is 1. The topological polar surface area (TPSA) is 157 Å². The summed E-state index contributed by atoms with van der Waals surface area (Å²) in [6, 6.07) is 0. The van der Waals surface area contributed by atoms with Gasteiger partial charge in [0.05, 0.1) is 6.61 Å². The fourth-order valence-electron chi connectivity index (χ4n) is 4.61. The number of unbranched alkanes of at least 4 members (excludes halogenated alkanes) is 11. The zero-order valence-electron chi connectivity index (χ0n) is 21.4. The maximum atomic E-state index is 13.0. The molecule has 1 amide bonds. The summed E-state index contributed by atoms with van der Waals surface area (Å²) < 4.78 is 5.45. The molecule has 1 heterocycles. The van der Waals surface area contributed by atoms with Crippen LogP contribution in [-0.2, 0) is 14.3 Å².